The quantitative estimate of drug-likeness (QED) is 0.655. The number of aryl methyl sites for hydroxylation is 1. The van der Waals surface area contributed by atoms with Crippen molar-refractivity contribution in [2.45, 2.75) is 39.5 Å². The lowest BCUT2D eigenvalue weighted by molar-refractivity contribution is -0.384. The van der Waals surface area contributed by atoms with Crippen LogP contribution in [0.2, 0.25) is 0 Å². The number of nitro benzene ring substituents is 1. The Bertz CT molecular complexity index is 459. The number of nitrogens with zero attached hydrogens (tertiary/aromatic N) is 1. The second-order valence-corrected chi connectivity index (χ2v) is 5.66. The van der Waals surface area contributed by atoms with Crippen LogP contribution in [0.3, 0.4) is 0 Å². The average Bonchev–Trinajstić information content (AvgIpc) is 2.39. The molecule has 0 amide bonds. The van der Waals surface area contributed by atoms with E-state index in [2.05, 4.69) is 12.2 Å². The molecule has 2 unspecified atom stereocenters. The van der Waals surface area contributed by atoms with Gasteiger partial charge in [0.05, 0.1) is 4.92 Å². The smallest absolute Gasteiger partial charge is 0.269 e. The fourth-order valence-electron chi connectivity index (χ4n) is 2.90. The average molecular weight is 262 g/mol. The lowest BCUT2D eigenvalue weighted by atomic mass is 9.80. The van der Waals surface area contributed by atoms with Gasteiger partial charge in [-0.15, -0.1) is 0 Å². The van der Waals surface area contributed by atoms with Crippen molar-refractivity contribution in [2.75, 3.05) is 11.9 Å². The van der Waals surface area contributed by atoms with Crippen LogP contribution < -0.4 is 5.32 Å². The standard InChI is InChI=1S/C15H22N2O2/c1-11-5-3-4-6-13(11)10-16-15-8-7-14(17(18)19)9-12(15)2/h7-9,11,13,16H,3-6,10H2,1-2H3. The maximum atomic E-state index is 10.7. The molecule has 4 heteroatoms. The van der Waals surface area contributed by atoms with Crippen LogP contribution in [0.4, 0.5) is 11.4 Å². The van der Waals surface area contributed by atoms with Gasteiger partial charge in [-0.2, -0.15) is 0 Å². The van der Waals surface area contributed by atoms with E-state index >= 15 is 0 Å². The minimum Gasteiger partial charge on any atom is -0.385 e. The summed E-state index contributed by atoms with van der Waals surface area (Å²) >= 11 is 0. The normalized spacial score (nSPS) is 23.1. The van der Waals surface area contributed by atoms with E-state index in [4.69, 9.17) is 0 Å². The molecule has 1 fully saturated rings. The third-order valence-corrected chi connectivity index (χ3v) is 4.26. The SMILES string of the molecule is Cc1cc([N+](=O)[O-])ccc1NCC1CCCCC1C. The molecule has 1 aliphatic rings. The number of anilines is 1. The first-order valence-electron chi connectivity index (χ1n) is 7.07. The summed E-state index contributed by atoms with van der Waals surface area (Å²) in [4.78, 5) is 10.4. The van der Waals surface area contributed by atoms with Gasteiger partial charge in [-0.3, -0.25) is 10.1 Å². The van der Waals surface area contributed by atoms with Crippen LogP contribution in [0, 0.1) is 28.9 Å². The first-order chi connectivity index (χ1) is 9.08. The Morgan fingerprint density at radius 1 is 1.37 bits per heavy atom. The number of nitro groups is 1. The first-order valence-corrected chi connectivity index (χ1v) is 7.07. The van der Waals surface area contributed by atoms with Crippen molar-refractivity contribution >= 4 is 11.4 Å². The van der Waals surface area contributed by atoms with E-state index in [9.17, 15) is 10.1 Å². The van der Waals surface area contributed by atoms with Crippen molar-refractivity contribution < 1.29 is 4.92 Å². The van der Waals surface area contributed by atoms with Crippen LogP contribution in [0.1, 0.15) is 38.2 Å². The number of hydrogen-bond acceptors (Lipinski definition) is 3. The Hall–Kier alpha value is -1.58. The van der Waals surface area contributed by atoms with Crippen LogP contribution in [0.5, 0.6) is 0 Å². The molecule has 0 radical (unpaired) electrons. The van der Waals surface area contributed by atoms with Crippen molar-refractivity contribution in [3.8, 4) is 0 Å². The first kappa shape index (κ1) is 13.8. The Morgan fingerprint density at radius 3 is 2.74 bits per heavy atom. The van der Waals surface area contributed by atoms with Gasteiger partial charge in [-0.25, -0.2) is 0 Å². The van der Waals surface area contributed by atoms with E-state index < -0.39 is 0 Å². The number of non-ortho nitro benzene ring substituents is 1. The van der Waals surface area contributed by atoms with E-state index in [-0.39, 0.29) is 10.6 Å². The molecule has 4 nitrogen and oxygen atoms in total. The van der Waals surface area contributed by atoms with E-state index in [0.717, 1.165) is 29.6 Å². The lowest BCUT2D eigenvalue weighted by Crippen LogP contribution is -2.24. The summed E-state index contributed by atoms with van der Waals surface area (Å²) in [6, 6.07) is 5.02. The van der Waals surface area contributed by atoms with Crippen LogP contribution in [-0.2, 0) is 0 Å². The number of rotatable bonds is 4. The molecule has 1 N–H and O–H groups in total. The summed E-state index contributed by atoms with van der Waals surface area (Å²) in [5, 5.41) is 14.2. The topological polar surface area (TPSA) is 55.2 Å². The molecule has 0 heterocycles. The molecule has 19 heavy (non-hydrogen) atoms. The summed E-state index contributed by atoms with van der Waals surface area (Å²) in [5.41, 5.74) is 2.12. The minimum atomic E-state index is -0.347. The molecular weight excluding hydrogens is 240 g/mol. The molecule has 1 aliphatic carbocycles. The van der Waals surface area contributed by atoms with Crippen LogP contribution in [0.15, 0.2) is 18.2 Å². The van der Waals surface area contributed by atoms with Crippen molar-refractivity contribution in [3.63, 3.8) is 0 Å². The van der Waals surface area contributed by atoms with Crippen LogP contribution >= 0.6 is 0 Å². The van der Waals surface area contributed by atoms with Gasteiger partial charge in [0, 0.05) is 24.4 Å². The highest BCUT2D eigenvalue weighted by Crippen LogP contribution is 2.30. The minimum absolute atomic E-state index is 0.161. The van der Waals surface area contributed by atoms with Gasteiger partial charge in [0.1, 0.15) is 0 Å². The summed E-state index contributed by atoms with van der Waals surface area (Å²) in [6.07, 6.45) is 5.30. The van der Waals surface area contributed by atoms with Gasteiger partial charge in [0.2, 0.25) is 0 Å². The molecule has 0 aliphatic heterocycles. The van der Waals surface area contributed by atoms with Gasteiger partial charge < -0.3 is 5.32 Å². The number of benzene rings is 1. The van der Waals surface area contributed by atoms with E-state index in [1.54, 1.807) is 12.1 Å². The Kier molecular flexibility index (Phi) is 4.40. The van der Waals surface area contributed by atoms with Gasteiger partial charge in [-0.1, -0.05) is 26.2 Å². The molecule has 0 aromatic heterocycles. The predicted octanol–water partition coefficient (Wildman–Crippen LogP) is 4.14. The Balaban J connectivity index is 1.97. The molecule has 2 rings (SSSR count). The maximum Gasteiger partial charge on any atom is 0.269 e. The summed E-state index contributed by atoms with van der Waals surface area (Å²) < 4.78 is 0. The van der Waals surface area contributed by atoms with Crippen molar-refractivity contribution in [1.82, 2.24) is 0 Å². The number of hydrogen-bond donors (Lipinski definition) is 1. The second kappa shape index (κ2) is 6.04. The maximum absolute atomic E-state index is 10.7. The highest BCUT2D eigenvalue weighted by Gasteiger charge is 2.21. The molecule has 0 bridgehead atoms. The summed E-state index contributed by atoms with van der Waals surface area (Å²) in [6.45, 7) is 5.22. The van der Waals surface area contributed by atoms with Crippen LogP contribution in [0.25, 0.3) is 0 Å². The zero-order valence-electron chi connectivity index (χ0n) is 11.7. The molecule has 104 valence electrons. The number of nitrogens with one attached hydrogen (secondary N) is 1. The third-order valence-electron chi connectivity index (χ3n) is 4.26. The van der Waals surface area contributed by atoms with Gasteiger partial charge in [-0.05, 0) is 36.8 Å². The zero-order valence-corrected chi connectivity index (χ0v) is 11.7. The summed E-state index contributed by atoms with van der Waals surface area (Å²) in [7, 11) is 0. The largest absolute Gasteiger partial charge is 0.385 e. The van der Waals surface area contributed by atoms with E-state index in [1.807, 2.05) is 13.0 Å². The van der Waals surface area contributed by atoms with Gasteiger partial charge in [0.15, 0.2) is 0 Å². The van der Waals surface area contributed by atoms with Crippen molar-refractivity contribution in [2.24, 2.45) is 11.8 Å². The fraction of sp³-hybridized carbons (Fsp3) is 0.600. The Labute approximate surface area is 114 Å². The highest BCUT2D eigenvalue weighted by molar-refractivity contribution is 5.55. The van der Waals surface area contributed by atoms with E-state index in [1.165, 1.54) is 25.7 Å². The second-order valence-electron chi connectivity index (χ2n) is 5.66. The summed E-state index contributed by atoms with van der Waals surface area (Å²) in [5.74, 6) is 1.50. The van der Waals surface area contributed by atoms with Crippen molar-refractivity contribution in [3.05, 3.63) is 33.9 Å². The molecule has 1 aromatic carbocycles. The molecule has 0 saturated heterocycles. The molecular formula is C15H22N2O2. The predicted molar refractivity (Wildman–Crippen MR) is 77.4 cm³/mol. The molecule has 2 atom stereocenters. The van der Waals surface area contributed by atoms with Crippen LogP contribution in [-0.4, -0.2) is 11.5 Å². The highest BCUT2D eigenvalue weighted by atomic mass is 16.6. The van der Waals surface area contributed by atoms with Crippen molar-refractivity contribution in [1.29, 1.82) is 0 Å². The zero-order chi connectivity index (χ0) is 13.8. The molecule has 1 aromatic rings. The van der Waals surface area contributed by atoms with E-state index in [0.29, 0.717) is 0 Å². The lowest BCUT2D eigenvalue weighted by Gasteiger charge is -2.29. The van der Waals surface area contributed by atoms with Gasteiger partial charge in [0.25, 0.3) is 5.69 Å². The Morgan fingerprint density at radius 2 is 2.11 bits per heavy atom. The van der Waals surface area contributed by atoms with Gasteiger partial charge >= 0.3 is 0 Å². The monoisotopic (exact) mass is 262 g/mol. The molecule has 1 saturated carbocycles. The fourth-order valence-corrected chi connectivity index (χ4v) is 2.90. The molecule has 0 spiro atoms. The third kappa shape index (κ3) is 3.46.